The molecule has 34 heavy (non-hydrogen) atoms. The van der Waals surface area contributed by atoms with Gasteiger partial charge in [-0.05, 0) is 54.5 Å². The van der Waals surface area contributed by atoms with Gasteiger partial charge in [-0.2, -0.15) is 0 Å². The molecule has 1 aromatic carbocycles. The van der Waals surface area contributed by atoms with Crippen molar-refractivity contribution in [1.29, 1.82) is 0 Å². The molecule has 5 rings (SSSR count). The highest BCUT2D eigenvalue weighted by Crippen LogP contribution is 2.40. The third-order valence-corrected chi connectivity index (χ3v) is 8.18. The smallest absolute Gasteiger partial charge is 0.145 e. The van der Waals surface area contributed by atoms with Crippen LogP contribution in [0.2, 0.25) is 0 Å². The molecule has 0 bridgehead atoms. The first-order valence-electron chi connectivity index (χ1n) is 11.7. The molecule has 1 unspecified atom stereocenters. The number of rotatable bonds is 8. The Morgan fingerprint density at radius 1 is 1.06 bits per heavy atom. The molecule has 0 amide bonds. The van der Waals surface area contributed by atoms with Crippen molar-refractivity contribution in [1.82, 2.24) is 19.5 Å². The molecule has 178 valence electrons. The number of pyridine rings is 1. The van der Waals surface area contributed by atoms with Crippen molar-refractivity contribution in [2.45, 2.75) is 25.0 Å². The summed E-state index contributed by atoms with van der Waals surface area (Å²) in [5.41, 5.74) is 12.9. The van der Waals surface area contributed by atoms with Gasteiger partial charge in [0.15, 0.2) is 0 Å². The van der Waals surface area contributed by atoms with Gasteiger partial charge in [-0.3, -0.25) is 4.98 Å². The maximum absolute atomic E-state index is 6.38. The number of ether oxygens (including phenoxy) is 1. The average molecular weight is 476 g/mol. The van der Waals surface area contributed by atoms with Gasteiger partial charge in [0.2, 0.25) is 0 Å². The van der Waals surface area contributed by atoms with Crippen LogP contribution in [0, 0.1) is 0 Å². The van der Waals surface area contributed by atoms with Gasteiger partial charge in [-0.15, -0.1) is 0 Å². The third-order valence-electron chi connectivity index (χ3n) is 6.78. The number of aromatic nitrogens is 4. The predicted molar refractivity (Wildman–Crippen MR) is 142 cm³/mol. The molecule has 0 saturated carbocycles. The van der Waals surface area contributed by atoms with Gasteiger partial charge in [-0.1, -0.05) is 24.3 Å². The average Bonchev–Trinajstić information content (AvgIpc) is 3.43. The van der Waals surface area contributed by atoms with E-state index in [0.29, 0.717) is 13.3 Å². The van der Waals surface area contributed by atoms with Gasteiger partial charge in [0.1, 0.15) is 18.7 Å². The van der Waals surface area contributed by atoms with E-state index in [1.165, 1.54) is 11.1 Å². The van der Waals surface area contributed by atoms with Crippen LogP contribution < -0.4 is 5.73 Å². The molecule has 2 N–H and O–H groups in total. The molecule has 1 aliphatic rings. The summed E-state index contributed by atoms with van der Waals surface area (Å²) in [5.74, 6) is 1.10. The van der Waals surface area contributed by atoms with Crippen LogP contribution in [0.3, 0.4) is 0 Å². The maximum atomic E-state index is 6.38. The van der Waals surface area contributed by atoms with Crippen LogP contribution in [-0.2, 0) is 29.7 Å². The Labute approximate surface area is 202 Å². The molecule has 0 fully saturated rings. The molecule has 1 aliphatic carbocycles. The summed E-state index contributed by atoms with van der Waals surface area (Å²) in [5, 5.41) is 1.03. The van der Waals surface area contributed by atoms with Crippen LogP contribution in [0.1, 0.15) is 16.8 Å². The van der Waals surface area contributed by atoms with Crippen molar-refractivity contribution in [3.8, 4) is 11.3 Å². The topological polar surface area (TPSA) is 78.9 Å². The van der Waals surface area contributed by atoms with Gasteiger partial charge in [0, 0.05) is 53.2 Å². The highest BCUT2D eigenvalue weighted by Gasteiger charge is 2.38. The van der Waals surface area contributed by atoms with Crippen molar-refractivity contribution in [3.63, 3.8) is 0 Å². The Bertz CT molecular complexity index is 1280. The van der Waals surface area contributed by atoms with Gasteiger partial charge in [0.25, 0.3) is 0 Å². The molecule has 0 radical (unpaired) electrons. The van der Waals surface area contributed by atoms with E-state index in [-0.39, 0.29) is 5.41 Å². The Hall–Kier alpha value is -2.74. The lowest BCUT2D eigenvalue weighted by Gasteiger charge is -2.28. The number of hydrogen-bond acceptors (Lipinski definition) is 5. The number of benzene rings is 1. The highest BCUT2D eigenvalue weighted by molar-refractivity contribution is 8.32. The zero-order chi connectivity index (χ0) is 23.8. The second kappa shape index (κ2) is 9.13. The SMILES string of the molecule is CS(C)(C)CCOCn1ccc2c(-c3cccc(C4(CN)Cc5cccnc5C4)c3)ncnc21. The van der Waals surface area contributed by atoms with Crippen molar-refractivity contribution >= 4 is 21.1 Å². The highest BCUT2D eigenvalue weighted by atomic mass is 32.3. The van der Waals surface area contributed by atoms with Crippen molar-refractivity contribution in [2.75, 3.05) is 37.7 Å². The molecule has 0 saturated heterocycles. The van der Waals surface area contributed by atoms with Crippen LogP contribution in [0.25, 0.3) is 22.3 Å². The van der Waals surface area contributed by atoms with Gasteiger partial charge in [0.05, 0.1) is 12.3 Å². The fourth-order valence-corrected chi connectivity index (χ4v) is 5.43. The summed E-state index contributed by atoms with van der Waals surface area (Å²) >= 11 is 0. The van der Waals surface area contributed by atoms with Crippen LogP contribution in [0.4, 0.5) is 0 Å². The largest absolute Gasteiger partial charge is 0.360 e. The van der Waals surface area contributed by atoms with Gasteiger partial charge < -0.3 is 15.0 Å². The molecule has 3 heterocycles. The van der Waals surface area contributed by atoms with Crippen molar-refractivity contribution in [3.05, 3.63) is 78.0 Å². The lowest BCUT2D eigenvalue weighted by molar-refractivity contribution is 0.0923. The van der Waals surface area contributed by atoms with Crippen molar-refractivity contribution < 1.29 is 4.74 Å². The van der Waals surface area contributed by atoms with Crippen LogP contribution in [-0.4, -0.2) is 57.2 Å². The Balaban J connectivity index is 1.43. The van der Waals surface area contributed by atoms with Crippen LogP contribution in [0.15, 0.2) is 61.2 Å². The zero-order valence-corrected chi connectivity index (χ0v) is 21.0. The molecule has 0 aliphatic heterocycles. The van der Waals surface area contributed by atoms with E-state index in [0.717, 1.165) is 53.2 Å². The minimum absolute atomic E-state index is 0.131. The molecular formula is C27H33N5OS. The first-order chi connectivity index (χ1) is 16.4. The van der Waals surface area contributed by atoms with E-state index in [4.69, 9.17) is 10.5 Å². The summed E-state index contributed by atoms with van der Waals surface area (Å²) < 4.78 is 8.02. The normalized spacial score (nSPS) is 18.4. The van der Waals surface area contributed by atoms with E-state index in [1.807, 2.05) is 18.5 Å². The van der Waals surface area contributed by atoms with E-state index in [1.54, 1.807) is 6.33 Å². The van der Waals surface area contributed by atoms with Crippen molar-refractivity contribution in [2.24, 2.45) is 5.73 Å². The molecule has 7 heteroatoms. The maximum Gasteiger partial charge on any atom is 0.145 e. The molecule has 1 atom stereocenters. The molecule has 4 aromatic rings. The second-order valence-electron chi connectivity index (χ2n) is 10.1. The fourth-order valence-electron chi connectivity index (χ4n) is 4.81. The number of nitrogens with two attached hydrogens (primary N) is 1. The number of hydrogen-bond donors (Lipinski definition) is 1. The van der Waals surface area contributed by atoms with E-state index in [9.17, 15) is 0 Å². The Morgan fingerprint density at radius 3 is 2.74 bits per heavy atom. The van der Waals surface area contributed by atoms with Crippen LogP contribution in [0.5, 0.6) is 0 Å². The summed E-state index contributed by atoms with van der Waals surface area (Å²) in [7, 11) is -0.559. The third kappa shape index (κ3) is 4.48. The first kappa shape index (κ1) is 23.0. The zero-order valence-electron chi connectivity index (χ0n) is 20.2. The molecule has 6 nitrogen and oxygen atoms in total. The summed E-state index contributed by atoms with van der Waals surface area (Å²) in [6.45, 7) is 1.84. The summed E-state index contributed by atoms with van der Waals surface area (Å²) in [4.78, 5) is 13.8. The van der Waals surface area contributed by atoms with E-state index >= 15 is 0 Å². The summed E-state index contributed by atoms with van der Waals surface area (Å²) in [6.07, 6.45) is 14.3. The minimum atomic E-state index is -0.559. The predicted octanol–water partition coefficient (Wildman–Crippen LogP) is 4.16. The Morgan fingerprint density at radius 2 is 1.94 bits per heavy atom. The molecule has 3 aromatic heterocycles. The van der Waals surface area contributed by atoms with Crippen LogP contribution >= 0.6 is 10.0 Å². The standard InChI is InChI=1S/C27H33N5OS/c1-34(2,3)13-12-33-19-32-11-9-23-25(30-18-31-26(23)32)20-6-4-8-22(14-20)27(17-28)15-21-7-5-10-29-24(21)16-27/h4-11,14,18H,12-13,15-17,19,28H2,1-3H3. The minimum Gasteiger partial charge on any atom is -0.360 e. The van der Waals surface area contributed by atoms with Gasteiger partial charge in [-0.25, -0.2) is 20.0 Å². The lowest BCUT2D eigenvalue weighted by Crippen LogP contribution is -2.36. The van der Waals surface area contributed by atoms with Gasteiger partial charge >= 0.3 is 0 Å². The fraction of sp³-hybridized carbons (Fsp3) is 0.370. The Kier molecular flexibility index (Phi) is 6.18. The first-order valence-corrected chi connectivity index (χ1v) is 14.7. The summed E-state index contributed by atoms with van der Waals surface area (Å²) in [6, 6.07) is 14.9. The molecule has 0 spiro atoms. The molecular weight excluding hydrogens is 442 g/mol. The second-order valence-corrected chi connectivity index (χ2v) is 14.7. The quantitative estimate of drug-likeness (QED) is 0.387. The van der Waals surface area contributed by atoms with E-state index < -0.39 is 10.0 Å². The van der Waals surface area contributed by atoms with E-state index in [2.05, 4.69) is 74.7 Å². The lowest BCUT2D eigenvalue weighted by atomic mass is 9.77. The number of nitrogens with zero attached hydrogens (tertiary/aromatic N) is 4. The monoisotopic (exact) mass is 475 g/mol. The number of fused-ring (bicyclic) bond motifs is 2.